The van der Waals surface area contributed by atoms with Crippen LogP contribution >= 0.6 is 0 Å². The summed E-state index contributed by atoms with van der Waals surface area (Å²) >= 11 is 0. The van der Waals surface area contributed by atoms with Gasteiger partial charge < -0.3 is 53.6 Å². The lowest BCUT2D eigenvalue weighted by molar-refractivity contribution is -0.494. The molecule has 4 heterocycles. The van der Waals surface area contributed by atoms with Gasteiger partial charge in [0.25, 0.3) is 0 Å². The van der Waals surface area contributed by atoms with Crippen molar-refractivity contribution >= 4 is 29.6 Å². The molecule has 4 N–H and O–H groups in total. The molecule has 2 aromatic carbocycles. The summed E-state index contributed by atoms with van der Waals surface area (Å²) in [6, 6.07) is 5.45. The van der Waals surface area contributed by atoms with Crippen LogP contribution in [0, 0.1) is 33.8 Å². The smallest absolute Gasteiger partial charge is 0.343 e. The Balaban J connectivity index is 1.31. The third-order valence-corrected chi connectivity index (χ3v) is 15.1. The molecule has 9 rings (SSSR count). The molecule has 1 spiro atoms. The lowest BCUT2D eigenvalue weighted by atomic mass is 9.43. The van der Waals surface area contributed by atoms with E-state index in [-0.39, 0.29) is 64.5 Å². The number of ether oxygens (including phenoxy) is 7. The summed E-state index contributed by atoms with van der Waals surface area (Å²) in [7, 11) is 1.23. The predicted molar refractivity (Wildman–Crippen MR) is 254 cm³/mol. The van der Waals surface area contributed by atoms with Gasteiger partial charge in [-0.2, -0.15) is 0 Å². The number of aliphatic hydroxyl groups is 4. The number of carbonyl (C=O) groups excluding carboxylic acids is 4. The molecule has 4 bridgehead atoms. The highest BCUT2D eigenvalue weighted by Crippen LogP contribution is 2.72. The van der Waals surface area contributed by atoms with Crippen molar-refractivity contribution in [3.8, 4) is 23.0 Å². The van der Waals surface area contributed by atoms with E-state index in [4.69, 9.17) is 33.2 Å². The number of esters is 2. The Morgan fingerprint density at radius 2 is 1.62 bits per heavy atom. The number of fused-ring (bicyclic) bond motifs is 2. The first kappa shape index (κ1) is 51.6. The van der Waals surface area contributed by atoms with Gasteiger partial charge in [0.05, 0.1) is 36.4 Å². The van der Waals surface area contributed by atoms with E-state index in [1.165, 1.54) is 44.4 Å². The number of nitrogens with zero attached hydrogens (tertiary/aromatic N) is 1. The average Bonchev–Trinajstić information content (AvgIpc) is 3.45. The largest absolute Gasteiger partial charge is 0.482 e. The molecule has 12 atom stereocenters. The second kappa shape index (κ2) is 19.0. The normalized spacial score (nSPS) is 32.9. The molecule has 7 aliphatic rings. The van der Waals surface area contributed by atoms with Crippen LogP contribution in [-0.2, 0) is 30.2 Å². The van der Waals surface area contributed by atoms with Crippen molar-refractivity contribution in [2.24, 2.45) is 23.7 Å². The fourth-order valence-corrected chi connectivity index (χ4v) is 11.7. The van der Waals surface area contributed by atoms with Crippen molar-refractivity contribution in [1.29, 1.82) is 0 Å². The number of hydrogen-bond donors (Lipinski definition) is 4. The zero-order chi connectivity index (χ0) is 51.7. The number of nitro groups is 1. The molecule has 0 aromatic heterocycles. The molecule has 7 unspecified atom stereocenters. The summed E-state index contributed by atoms with van der Waals surface area (Å²) in [6.45, 7) is 13.5. The Bertz CT molecular complexity index is 2640. The number of aliphatic hydroxyl groups excluding tert-OH is 4. The molecule has 382 valence electrons. The van der Waals surface area contributed by atoms with Gasteiger partial charge in [-0.1, -0.05) is 29.4 Å². The molecule has 5 fully saturated rings. The van der Waals surface area contributed by atoms with Gasteiger partial charge in [-0.25, -0.2) is 9.59 Å². The van der Waals surface area contributed by atoms with Gasteiger partial charge in [0.2, 0.25) is 12.8 Å². The summed E-state index contributed by atoms with van der Waals surface area (Å²) in [5.41, 5.74) is -3.11. The summed E-state index contributed by atoms with van der Waals surface area (Å²) in [5, 5.41) is 53.3. The SMILES string of the molecule is COC(=O)C(C)=CCC12OC(C)(C)C3CC(C1=O)C(C[N+](=O)[O-])C1C(=O)c4c(OC(=O)c5ccc(O[C@@H]6O[C@H](CO)[C@@H](O)[C@@H](O)[C@H]6O)cc5)c5c(c(CC=C(C)C)c4OC132)OC(C)(CCC=C(C)C)C=C5. The van der Waals surface area contributed by atoms with Crippen molar-refractivity contribution in [2.45, 2.75) is 141 Å². The topological polar surface area (TPSA) is 257 Å². The van der Waals surface area contributed by atoms with Crippen LogP contribution in [-0.4, -0.2) is 122 Å². The minimum absolute atomic E-state index is 0.0205. The minimum Gasteiger partial charge on any atom is -0.482 e. The zero-order valence-electron chi connectivity index (χ0n) is 41.4. The first-order chi connectivity index (χ1) is 33.4. The molecule has 71 heavy (non-hydrogen) atoms. The van der Waals surface area contributed by atoms with E-state index in [0.717, 1.165) is 11.1 Å². The lowest BCUT2D eigenvalue weighted by Gasteiger charge is -2.62. The van der Waals surface area contributed by atoms with Crippen molar-refractivity contribution in [2.75, 3.05) is 20.3 Å². The van der Waals surface area contributed by atoms with E-state index in [1.807, 2.05) is 46.8 Å². The average molecular weight is 986 g/mol. The molecule has 0 amide bonds. The second-order valence-electron chi connectivity index (χ2n) is 20.8. The van der Waals surface area contributed by atoms with Crippen LogP contribution in [0.2, 0.25) is 0 Å². The molecule has 0 radical (unpaired) electrons. The van der Waals surface area contributed by atoms with E-state index in [2.05, 4.69) is 6.08 Å². The summed E-state index contributed by atoms with van der Waals surface area (Å²) in [5.74, 6) is -6.81. The van der Waals surface area contributed by atoms with Crippen molar-refractivity contribution in [1.82, 2.24) is 0 Å². The van der Waals surface area contributed by atoms with E-state index >= 15 is 9.59 Å². The van der Waals surface area contributed by atoms with Crippen molar-refractivity contribution in [3.05, 3.63) is 97.7 Å². The van der Waals surface area contributed by atoms with Crippen molar-refractivity contribution in [3.63, 3.8) is 0 Å². The number of carbonyl (C=O) groups is 4. The van der Waals surface area contributed by atoms with Gasteiger partial charge in [-0.15, -0.1) is 0 Å². The Kier molecular flexibility index (Phi) is 13.8. The van der Waals surface area contributed by atoms with Crippen LogP contribution in [0.3, 0.4) is 0 Å². The number of benzene rings is 2. The second-order valence-corrected chi connectivity index (χ2v) is 20.8. The molecule has 4 aliphatic heterocycles. The minimum atomic E-state index is -1.91. The number of ketones is 2. The van der Waals surface area contributed by atoms with E-state index in [1.54, 1.807) is 19.9 Å². The van der Waals surface area contributed by atoms with Gasteiger partial charge in [0.15, 0.2) is 28.5 Å². The first-order valence-electron chi connectivity index (χ1n) is 24.0. The molecular formula is C53H63NO17. The molecule has 18 heteroatoms. The maximum absolute atomic E-state index is 16.2. The Labute approximate surface area is 411 Å². The van der Waals surface area contributed by atoms with Gasteiger partial charge in [-0.3, -0.25) is 19.7 Å². The third kappa shape index (κ3) is 8.69. The van der Waals surface area contributed by atoms with Crippen LogP contribution in [0.5, 0.6) is 23.0 Å². The maximum atomic E-state index is 16.2. The molecule has 3 aliphatic carbocycles. The number of allylic oxidation sites excluding steroid dienone is 4. The van der Waals surface area contributed by atoms with Crippen LogP contribution in [0.1, 0.15) is 113 Å². The highest BCUT2D eigenvalue weighted by Gasteiger charge is 2.86. The summed E-state index contributed by atoms with van der Waals surface area (Å²) < 4.78 is 44.0. The highest BCUT2D eigenvalue weighted by molar-refractivity contribution is 6.11. The first-order valence-corrected chi connectivity index (χ1v) is 24.0. The van der Waals surface area contributed by atoms with Gasteiger partial charge in [0, 0.05) is 40.2 Å². The third-order valence-electron chi connectivity index (χ3n) is 15.1. The van der Waals surface area contributed by atoms with E-state index < -0.39 is 118 Å². The van der Waals surface area contributed by atoms with E-state index in [9.17, 15) is 40.1 Å². The Morgan fingerprint density at radius 3 is 2.25 bits per heavy atom. The Hall–Kier alpha value is -5.76. The fraction of sp³-hybridized carbons (Fsp3) is 0.547. The van der Waals surface area contributed by atoms with Crippen molar-refractivity contribution < 1.29 is 77.7 Å². The predicted octanol–water partition coefficient (Wildman–Crippen LogP) is 5.60. The fourth-order valence-electron chi connectivity index (χ4n) is 11.7. The Morgan fingerprint density at radius 1 is 0.930 bits per heavy atom. The molecule has 3 saturated carbocycles. The van der Waals surface area contributed by atoms with Crippen LogP contribution in [0.15, 0.2) is 65.3 Å². The highest BCUT2D eigenvalue weighted by atomic mass is 16.7. The number of Topliss-reactive ketones (excluding diaryl/α,β-unsaturated/α-hetero) is 2. The van der Waals surface area contributed by atoms with Gasteiger partial charge in [0.1, 0.15) is 52.8 Å². The van der Waals surface area contributed by atoms with Gasteiger partial charge in [-0.05, 0) is 117 Å². The number of rotatable bonds is 15. The lowest BCUT2D eigenvalue weighted by Crippen LogP contribution is -2.79. The van der Waals surface area contributed by atoms with Gasteiger partial charge >= 0.3 is 11.9 Å². The van der Waals surface area contributed by atoms with Crippen LogP contribution in [0.4, 0.5) is 0 Å². The zero-order valence-corrected chi connectivity index (χ0v) is 41.4. The maximum Gasteiger partial charge on any atom is 0.343 e. The quantitative estimate of drug-likeness (QED) is 0.0423. The molecule has 2 aromatic rings. The molecular weight excluding hydrogens is 923 g/mol. The van der Waals surface area contributed by atoms with E-state index in [0.29, 0.717) is 18.4 Å². The summed E-state index contributed by atoms with van der Waals surface area (Å²) in [6.07, 6.45) is 2.67. The standard InChI is InChI=1S/C53H63NO17/c1-26(2)11-10-20-51(8)21-19-32-43(69-51)31(17-12-27(3)4)45-37(44(32)68-48(62)29-13-15-30(16-14-29)66-49-42(59)41(58)39(56)35(25-55)67-49)40(57)38-34(24-54(63)64)33-23-36-50(6,7)71-52(46(33)60,53(36,38)70-45)22-18-28(5)47(61)65-9/h11-16,18-19,21,33-36,38-39,41-42,49,55-56,58-59H,10,17,20,22-25H2,1-9H3/t33?,34?,35-,36?,38?,39-,41-,42-,49-,51?,52?,53?/m1/s1. The molecule has 18 nitrogen and oxygen atoms in total. The van der Waals surface area contributed by atoms with Crippen LogP contribution < -0.4 is 18.9 Å². The monoisotopic (exact) mass is 985 g/mol. The van der Waals surface area contributed by atoms with Crippen LogP contribution in [0.25, 0.3) is 6.08 Å². The number of methoxy groups -OCH3 is 1. The molecule has 2 saturated heterocycles. The number of hydrogen-bond acceptors (Lipinski definition) is 17. The summed E-state index contributed by atoms with van der Waals surface area (Å²) in [4.78, 5) is 70.8.